The van der Waals surface area contributed by atoms with E-state index in [0.717, 1.165) is 10.2 Å². The second-order valence-corrected chi connectivity index (χ2v) is 6.34. The van der Waals surface area contributed by atoms with Crippen LogP contribution in [0.15, 0.2) is 28.7 Å². The van der Waals surface area contributed by atoms with Gasteiger partial charge in [0.05, 0.1) is 19.7 Å². The zero-order valence-electron chi connectivity index (χ0n) is 13.3. The summed E-state index contributed by atoms with van der Waals surface area (Å²) in [5, 5.41) is 2.82. The van der Waals surface area contributed by atoms with Gasteiger partial charge in [-0.3, -0.25) is 14.5 Å². The fourth-order valence-electron chi connectivity index (χ4n) is 2.03. The molecule has 0 atom stereocenters. The standard InChI is InChI=1S/C16H23BrN2O3/c1-4-22-16(21)11-19(9-12(2)3)10-15(20)18-14-7-5-13(17)6-8-14/h5-8,12H,4,9-11H2,1-3H3,(H,18,20). The molecule has 1 amide bonds. The molecule has 0 saturated heterocycles. The first-order chi connectivity index (χ1) is 10.4. The molecule has 5 nitrogen and oxygen atoms in total. The maximum atomic E-state index is 12.1. The maximum absolute atomic E-state index is 12.1. The van der Waals surface area contributed by atoms with Crippen LogP contribution in [-0.2, 0) is 14.3 Å². The van der Waals surface area contributed by atoms with Gasteiger partial charge in [-0.15, -0.1) is 0 Å². The number of carbonyl (C=O) groups excluding carboxylic acids is 2. The normalized spacial score (nSPS) is 10.8. The summed E-state index contributed by atoms with van der Waals surface area (Å²) in [5.74, 6) is -0.0956. The number of halogens is 1. The van der Waals surface area contributed by atoms with Gasteiger partial charge in [-0.1, -0.05) is 29.8 Å². The van der Waals surface area contributed by atoms with Gasteiger partial charge in [0.15, 0.2) is 0 Å². The lowest BCUT2D eigenvalue weighted by Gasteiger charge is -2.22. The largest absolute Gasteiger partial charge is 0.465 e. The van der Waals surface area contributed by atoms with Gasteiger partial charge in [0.25, 0.3) is 0 Å². The number of esters is 1. The first-order valence-electron chi connectivity index (χ1n) is 7.34. The van der Waals surface area contributed by atoms with Crippen LogP contribution in [0.2, 0.25) is 0 Å². The second-order valence-electron chi connectivity index (χ2n) is 5.42. The van der Waals surface area contributed by atoms with Gasteiger partial charge in [-0.05, 0) is 37.1 Å². The highest BCUT2D eigenvalue weighted by molar-refractivity contribution is 9.10. The highest BCUT2D eigenvalue weighted by atomic mass is 79.9. The summed E-state index contributed by atoms with van der Waals surface area (Å²) >= 11 is 3.35. The van der Waals surface area contributed by atoms with Crippen LogP contribution in [0.4, 0.5) is 5.69 Å². The Morgan fingerprint density at radius 3 is 2.41 bits per heavy atom. The lowest BCUT2D eigenvalue weighted by atomic mass is 10.2. The van der Waals surface area contributed by atoms with Gasteiger partial charge >= 0.3 is 5.97 Å². The first-order valence-corrected chi connectivity index (χ1v) is 8.13. The van der Waals surface area contributed by atoms with Crippen molar-refractivity contribution in [3.63, 3.8) is 0 Å². The molecule has 1 aromatic carbocycles. The summed E-state index contributed by atoms with van der Waals surface area (Å²) in [4.78, 5) is 25.5. The summed E-state index contributed by atoms with van der Waals surface area (Å²) < 4.78 is 5.90. The summed E-state index contributed by atoms with van der Waals surface area (Å²) in [7, 11) is 0. The number of nitrogens with zero attached hydrogens (tertiary/aromatic N) is 1. The molecule has 0 saturated carbocycles. The minimum Gasteiger partial charge on any atom is -0.465 e. The summed E-state index contributed by atoms with van der Waals surface area (Å²) in [6.45, 7) is 7.15. The number of carbonyl (C=O) groups is 2. The van der Waals surface area contributed by atoms with Crippen molar-refractivity contribution in [1.29, 1.82) is 0 Å². The molecule has 0 aliphatic heterocycles. The van der Waals surface area contributed by atoms with E-state index in [1.807, 2.05) is 38.1 Å². The first kappa shape index (κ1) is 18.6. The minimum atomic E-state index is -0.306. The molecule has 0 spiro atoms. The number of hydrogen-bond acceptors (Lipinski definition) is 4. The van der Waals surface area contributed by atoms with Crippen molar-refractivity contribution in [3.8, 4) is 0 Å². The number of nitrogens with one attached hydrogen (secondary N) is 1. The molecule has 0 fully saturated rings. The van der Waals surface area contributed by atoms with E-state index in [9.17, 15) is 9.59 Å². The van der Waals surface area contributed by atoms with Crippen LogP contribution in [0, 0.1) is 5.92 Å². The number of hydrogen-bond donors (Lipinski definition) is 1. The van der Waals surface area contributed by atoms with Gasteiger partial charge in [0, 0.05) is 16.7 Å². The lowest BCUT2D eigenvalue weighted by Crippen LogP contribution is -2.39. The number of ether oxygens (including phenoxy) is 1. The Hall–Kier alpha value is -1.40. The van der Waals surface area contributed by atoms with Crippen molar-refractivity contribution in [3.05, 3.63) is 28.7 Å². The fraction of sp³-hybridized carbons (Fsp3) is 0.500. The minimum absolute atomic E-state index is 0.125. The predicted molar refractivity (Wildman–Crippen MR) is 90.7 cm³/mol. The molecule has 0 aliphatic carbocycles. The van der Waals surface area contributed by atoms with Crippen molar-refractivity contribution in [1.82, 2.24) is 4.90 Å². The molecular formula is C16H23BrN2O3. The van der Waals surface area contributed by atoms with E-state index in [2.05, 4.69) is 21.2 Å². The number of rotatable bonds is 8. The highest BCUT2D eigenvalue weighted by Crippen LogP contribution is 2.14. The second kappa shape index (κ2) is 9.58. The number of anilines is 1. The van der Waals surface area contributed by atoms with Gasteiger partial charge in [0.1, 0.15) is 0 Å². The molecule has 1 rings (SSSR count). The molecular weight excluding hydrogens is 348 g/mol. The van der Waals surface area contributed by atoms with Crippen LogP contribution < -0.4 is 5.32 Å². The Kier molecular flexibility index (Phi) is 8.12. The Morgan fingerprint density at radius 1 is 1.23 bits per heavy atom. The van der Waals surface area contributed by atoms with Crippen LogP contribution in [-0.4, -0.2) is 43.0 Å². The Balaban J connectivity index is 2.57. The van der Waals surface area contributed by atoms with Gasteiger partial charge < -0.3 is 10.1 Å². The van der Waals surface area contributed by atoms with Gasteiger partial charge in [0.2, 0.25) is 5.91 Å². The third kappa shape index (κ3) is 7.56. The van der Waals surface area contributed by atoms with E-state index in [1.54, 1.807) is 11.8 Å². The summed E-state index contributed by atoms with van der Waals surface area (Å²) in [6.07, 6.45) is 0. The molecule has 0 bridgehead atoms. The van der Waals surface area contributed by atoms with Crippen LogP contribution in [0.1, 0.15) is 20.8 Å². The third-order valence-corrected chi connectivity index (χ3v) is 3.31. The zero-order chi connectivity index (χ0) is 16.5. The molecule has 0 unspecified atom stereocenters. The molecule has 0 aromatic heterocycles. The summed E-state index contributed by atoms with van der Waals surface area (Å²) in [6, 6.07) is 7.36. The van der Waals surface area contributed by atoms with Crippen molar-refractivity contribution in [2.45, 2.75) is 20.8 Å². The number of benzene rings is 1. The van der Waals surface area contributed by atoms with E-state index in [-0.39, 0.29) is 25.0 Å². The molecule has 1 N–H and O–H groups in total. The Bertz CT molecular complexity index is 489. The average molecular weight is 371 g/mol. The van der Waals surface area contributed by atoms with Crippen LogP contribution in [0.5, 0.6) is 0 Å². The van der Waals surface area contributed by atoms with E-state index in [4.69, 9.17) is 4.74 Å². The lowest BCUT2D eigenvalue weighted by molar-refractivity contribution is -0.144. The van der Waals surface area contributed by atoms with E-state index >= 15 is 0 Å². The molecule has 22 heavy (non-hydrogen) atoms. The van der Waals surface area contributed by atoms with Crippen molar-refractivity contribution in [2.24, 2.45) is 5.92 Å². The molecule has 122 valence electrons. The molecule has 6 heteroatoms. The fourth-order valence-corrected chi connectivity index (χ4v) is 2.29. The maximum Gasteiger partial charge on any atom is 0.320 e. The zero-order valence-corrected chi connectivity index (χ0v) is 14.9. The highest BCUT2D eigenvalue weighted by Gasteiger charge is 2.16. The topological polar surface area (TPSA) is 58.6 Å². The third-order valence-electron chi connectivity index (χ3n) is 2.78. The van der Waals surface area contributed by atoms with Gasteiger partial charge in [-0.25, -0.2) is 0 Å². The van der Waals surface area contributed by atoms with Crippen LogP contribution in [0.3, 0.4) is 0 Å². The van der Waals surface area contributed by atoms with Gasteiger partial charge in [-0.2, -0.15) is 0 Å². The molecule has 0 heterocycles. The smallest absolute Gasteiger partial charge is 0.320 e. The van der Waals surface area contributed by atoms with Crippen LogP contribution in [0.25, 0.3) is 0 Å². The van der Waals surface area contributed by atoms with Crippen molar-refractivity contribution >= 4 is 33.5 Å². The summed E-state index contributed by atoms with van der Waals surface area (Å²) in [5.41, 5.74) is 0.730. The van der Waals surface area contributed by atoms with Crippen LogP contribution >= 0.6 is 15.9 Å². The Labute approximate surface area is 140 Å². The predicted octanol–water partition coefficient (Wildman–Crippen LogP) is 2.91. The molecule has 1 aromatic rings. The monoisotopic (exact) mass is 370 g/mol. The average Bonchev–Trinajstić information content (AvgIpc) is 2.40. The molecule has 0 radical (unpaired) electrons. The SMILES string of the molecule is CCOC(=O)CN(CC(=O)Nc1ccc(Br)cc1)CC(C)C. The molecule has 0 aliphatic rings. The quantitative estimate of drug-likeness (QED) is 0.714. The van der Waals surface area contributed by atoms with E-state index in [1.165, 1.54) is 0 Å². The van der Waals surface area contributed by atoms with E-state index in [0.29, 0.717) is 19.1 Å². The number of amides is 1. The van der Waals surface area contributed by atoms with Crippen molar-refractivity contribution in [2.75, 3.05) is 31.6 Å². The van der Waals surface area contributed by atoms with Crippen molar-refractivity contribution < 1.29 is 14.3 Å². The van der Waals surface area contributed by atoms with E-state index < -0.39 is 0 Å². The Morgan fingerprint density at radius 2 is 1.86 bits per heavy atom.